The predicted molar refractivity (Wildman–Crippen MR) is 50.9 cm³/mol. The van der Waals surface area contributed by atoms with Crippen LogP contribution in [0.4, 0.5) is 4.39 Å². The van der Waals surface area contributed by atoms with Gasteiger partial charge in [0.05, 0.1) is 7.11 Å². The number of aliphatic hydroxyl groups excluding tert-OH is 1. The fourth-order valence-electron chi connectivity index (χ4n) is 1.30. The van der Waals surface area contributed by atoms with Crippen LogP contribution in [0.3, 0.4) is 0 Å². The van der Waals surface area contributed by atoms with Crippen LogP contribution in [0.15, 0.2) is 12.1 Å². The highest BCUT2D eigenvalue weighted by atomic mass is 19.1. The summed E-state index contributed by atoms with van der Waals surface area (Å²) in [7, 11) is 1.12. The van der Waals surface area contributed by atoms with E-state index in [0.29, 0.717) is 6.29 Å². The molecule has 0 aliphatic carbocycles. The summed E-state index contributed by atoms with van der Waals surface area (Å²) in [5.41, 5.74) is -0.516. The van der Waals surface area contributed by atoms with Crippen molar-refractivity contribution in [3.05, 3.63) is 29.1 Å². The number of benzene rings is 1. The van der Waals surface area contributed by atoms with Gasteiger partial charge in [-0.25, -0.2) is 9.18 Å². The van der Waals surface area contributed by atoms with E-state index in [1.807, 2.05) is 0 Å². The van der Waals surface area contributed by atoms with Crippen molar-refractivity contribution in [3.8, 4) is 5.75 Å². The zero-order valence-corrected chi connectivity index (χ0v) is 8.31. The topological polar surface area (TPSA) is 83.8 Å². The van der Waals surface area contributed by atoms with Gasteiger partial charge in [0.15, 0.2) is 24.0 Å². The smallest absolute Gasteiger partial charge is 0.337 e. The number of carbonyl (C=O) groups excluding carboxylic acids is 1. The number of ether oxygens (including phenoxy) is 1. The maximum Gasteiger partial charge on any atom is 0.337 e. The van der Waals surface area contributed by atoms with E-state index in [4.69, 9.17) is 5.11 Å². The Labute approximate surface area is 90.1 Å². The zero-order valence-electron chi connectivity index (χ0n) is 8.31. The maximum absolute atomic E-state index is 13.2. The average molecular weight is 228 g/mol. The number of carboxylic acids is 1. The molecule has 0 aliphatic heterocycles. The first-order valence-corrected chi connectivity index (χ1v) is 4.25. The minimum atomic E-state index is -2.01. The van der Waals surface area contributed by atoms with Gasteiger partial charge in [-0.1, -0.05) is 0 Å². The molecular formula is C10H9FO5. The summed E-state index contributed by atoms with van der Waals surface area (Å²) >= 11 is 0. The van der Waals surface area contributed by atoms with Crippen LogP contribution < -0.4 is 4.74 Å². The Morgan fingerprint density at radius 1 is 1.56 bits per heavy atom. The van der Waals surface area contributed by atoms with Crippen LogP contribution in [-0.4, -0.2) is 29.6 Å². The SMILES string of the molecule is COc1c(F)ccc(C=O)c1C(O)C(=O)O. The number of aliphatic hydroxyl groups is 1. The molecule has 16 heavy (non-hydrogen) atoms. The van der Waals surface area contributed by atoms with Gasteiger partial charge in [-0.15, -0.1) is 0 Å². The maximum atomic E-state index is 13.2. The van der Waals surface area contributed by atoms with Crippen LogP contribution in [0.25, 0.3) is 0 Å². The van der Waals surface area contributed by atoms with Gasteiger partial charge in [-0.2, -0.15) is 0 Å². The van der Waals surface area contributed by atoms with Crippen LogP contribution in [0, 0.1) is 5.82 Å². The van der Waals surface area contributed by atoms with Crippen molar-refractivity contribution in [1.82, 2.24) is 0 Å². The van der Waals surface area contributed by atoms with Gasteiger partial charge in [-0.05, 0) is 12.1 Å². The van der Waals surface area contributed by atoms with Crippen LogP contribution >= 0.6 is 0 Å². The van der Waals surface area contributed by atoms with E-state index in [-0.39, 0.29) is 11.1 Å². The molecule has 1 atom stereocenters. The first-order valence-electron chi connectivity index (χ1n) is 4.25. The Kier molecular flexibility index (Phi) is 3.57. The molecule has 6 heteroatoms. The minimum absolute atomic E-state index is 0.131. The summed E-state index contributed by atoms with van der Waals surface area (Å²) < 4.78 is 17.9. The lowest BCUT2D eigenvalue weighted by molar-refractivity contribution is -0.147. The first kappa shape index (κ1) is 12.1. The fraction of sp³-hybridized carbons (Fsp3) is 0.200. The summed E-state index contributed by atoms with van der Waals surface area (Å²) in [6, 6.07) is 2.03. The molecule has 0 aliphatic rings. The third-order valence-electron chi connectivity index (χ3n) is 2.02. The lowest BCUT2D eigenvalue weighted by Gasteiger charge is -2.14. The highest BCUT2D eigenvalue weighted by Gasteiger charge is 2.26. The number of halogens is 1. The molecule has 1 unspecified atom stereocenters. The highest BCUT2D eigenvalue weighted by molar-refractivity contribution is 5.84. The molecule has 1 aromatic carbocycles. The third-order valence-corrected chi connectivity index (χ3v) is 2.02. The Morgan fingerprint density at radius 2 is 2.19 bits per heavy atom. The fourth-order valence-corrected chi connectivity index (χ4v) is 1.30. The molecule has 0 amide bonds. The molecule has 1 aromatic rings. The van der Waals surface area contributed by atoms with Gasteiger partial charge in [0.2, 0.25) is 0 Å². The number of carboxylic acid groups (broad SMARTS) is 1. The molecule has 5 nitrogen and oxygen atoms in total. The first-order chi connectivity index (χ1) is 7.52. The average Bonchev–Trinajstić information content (AvgIpc) is 2.27. The molecule has 1 rings (SSSR count). The summed E-state index contributed by atoms with van der Waals surface area (Å²) in [4.78, 5) is 21.3. The zero-order chi connectivity index (χ0) is 12.3. The summed E-state index contributed by atoms with van der Waals surface area (Å²) in [5, 5.41) is 18.0. The van der Waals surface area contributed by atoms with Crippen molar-refractivity contribution in [3.63, 3.8) is 0 Å². The van der Waals surface area contributed by atoms with E-state index in [1.54, 1.807) is 0 Å². The Balaban J connectivity index is 3.47. The third kappa shape index (κ3) is 2.01. The van der Waals surface area contributed by atoms with Gasteiger partial charge in [-0.3, -0.25) is 4.79 Å². The number of hydrogen-bond donors (Lipinski definition) is 2. The number of hydrogen-bond acceptors (Lipinski definition) is 4. The molecule has 0 bridgehead atoms. The van der Waals surface area contributed by atoms with Gasteiger partial charge in [0.25, 0.3) is 0 Å². The molecule has 0 saturated heterocycles. The highest BCUT2D eigenvalue weighted by Crippen LogP contribution is 2.30. The molecule has 0 spiro atoms. The van der Waals surface area contributed by atoms with Crippen LogP contribution in [0.1, 0.15) is 22.0 Å². The number of aliphatic carboxylic acids is 1. The Hall–Kier alpha value is -1.95. The molecule has 0 saturated carbocycles. The summed E-state index contributed by atoms with van der Waals surface area (Å²) in [6.07, 6.45) is -1.69. The molecule has 0 radical (unpaired) electrons. The normalized spacial score (nSPS) is 11.9. The Bertz CT molecular complexity index is 429. The second-order valence-corrected chi connectivity index (χ2v) is 2.94. The van der Waals surface area contributed by atoms with E-state index in [1.165, 1.54) is 0 Å². The van der Waals surface area contributed by atoms with Gasteiger partial charge < -0.3 is 14.9 Å². The quantitative estimate of drug-likeness (QED) is 0.743. The van der Waals surface area contributed by atoms with Crippen molar-refractivity contribution in [2.45, 2.75) is 6.10 Å². The molecule has 0 fully saturated rings. The molecule has 0 heterocycles. The van der Waals surface area contributed by atoms with Crippen molar-refractivity contribution in [2.75, 3.05) is 7.11 Å². The number of methoxy groups -OCH3 is 1. The monoisotopic (exact) mass is 228 g/mol. The van der Waals surface area contributed by atoms with E-state index in [0.717, 1.165) is 19.2 Å². The van der Waals surface area contributed by atoms with E-state index >= 15 is 0 Å². The van der Waals surface area contributed by atoms with Gasteiger partial charge in [0, 0.05) is 11.1 Å². The van der Waals surface area contributed by atoms with E-state index < -0.39 is 23.6 Å². The van der Waals surface area contributed by atoms with E-state index in [9.17, 15) is 19.1 Å². The van der Waals surface area contributed by atoms with Gasteiger partial charge >= 0.3 is 5.97 Å². The van der Waals surface area contributed by atoms with Crippen LogP contribution in [-0.2, 0) is 4.79 Å². The van der Waals surface area contributed by atoms with Crippen molar-refractivity contribution in [1.29, 1.82) is 0 Å². The number of rotatable bonds is 4. The number of aldehydes is 1. The minimum Gasteiger partial charge on any atom is -0.493 e. The Morgan fingerprint density at radius 3 is 2.62 bits per heavy atom. The van der Waals surface area contributed by atoms with Crippen LogP contribution in [0.5, 0.6) is 5.75 Å². The lowest BCUT2D eigenvalue weighted by atomic mass is 10.0. The van der Waals surface area contributed by atoms with E-state index in [2.05, 4.69) is 4.74 Å². The number of carbonyl (C=O) groups is 2. The summed E-state index contributed by atoms with van der Waals surface area (Å²) in [5.74, 6) is -2.88. The lowest BCUT2D eigenvalue weighted by Crippen LogP contribution is -2.14. The van der Waals surface area contributed by atoms with Gasteiger partial charge in [0.1, 0.15) is 0 Å². The largest absolute Gasteiger partial charge is 0.493 e. The predicted octanol–water partition coefficient (Wildman–Crippen LogP) is 0.765. The second kappa shape index (κ2) is 4.71. The standard InChI is InChI=1S/C10H9FO5/c1-16-9-6(11)3-2-5(4-12)7(9)8(13)10(14)15/h2-4,8,13H,1H3,(H,14,15). The van der Waals surface area contributed by atoms with Crippen LogP contribution in [0.2, 0.25) is 0 Å². The second-order valence-electron chi connectivity index (χ2n) is 2.94. The summed E-state index contributed by atoms with van der Waals surface area (Å²) in [6.45, 7) is 0. The van der Waals surface area contributed by atoms with Crippen molar-refractivity contribution >= 4 is 12.3 Å². The molecule has 2 N–H and O–H groups in total. The molecular weight excluding hydrogens is 219 g/mol. The molecule has 86 valence electrons. The molecule has 0 aromatic heterocycles. The van der Waals surface area contributed by atoms with Crippen molar-refractivity contribution < 1.29 is 28.9 Å². The van der Waals surface area contributed by atoms with Crippen molar-refractivity contribution in [2.24, 2.45) is 0 Å².